The summed E-state index contributed by atoms with van der Waals surface area (Å²) in [6.45, 7) is 11.5. The molecule has 19 heavy (non-hydrogen) atoms. The highest BCUT2D eigenvalue weighted by atomic mass is 32.1. The summed E-state index contributed by atoms with van der Waals surface area (Å²) in [6, 6.07) is 5.17. The highest BCUT2D eigenvalue weighted by molar-refractivity contribution is 7.11. The molecule has 0 spiro atoms. The lowest BCUT2D eigenvalue weighted by Crippen LogP contribution is -2.32. The molecular formula is C16H28N2S. The van der Waals surface area contributed by atoms with E-state index in [4.69, 9.17) is 0 Å². The van der Waals surface area contributed by atoms with E-state index >= 15 is 0 Å². The monoisotopic (exact) mass is 280 g/mol. The summed E-state index contributed by atoms with van der Waals surface area (Å²) in [6.07, 6.45) is 4.14. The van der Waals surface area contributed by atoms with Crippen molar-refractivity contribution in [1.82, 2.24) is 10.2 Å². The van der Waals surface area contributed by atoms with Gasteiger partial charge in [-0.3, -0.25) is 4.90 Å². The van der Waals surface area contributed by atoms with E-state index in [1.807, 2.05) is 11.3 Å². The largest absolute Gasteiger partial charge is 0.310 e. The molecule has 0 aromatic carbocycles. The van der Waals surface area contributed by atoms with Gasteiger partial charge in [0.05, 0.1) is 0 Å². The molecule has 0 radical (unpaired) electrons. The van der Waals surface area contributed by atoms with E-state index in [1.165, 1.54) is 42.1 Å². The van der Waals surface area contributed by atoms with E-state index in [0.717, 1.165) is 19.0 Å². The first-order chi connectivity index (χ1) is 9.17. The van der Waals surface area contributed by atoms with E-state index in [0.29, 0.717) is 6.04 Å². The van der Waals surface area contributed by atoms with Gasteiger partial charge in [-0.1, -0.05) is 27.2 Å². The maximum absolute atomic E-state index is 3.49. The zero-order chi connectivity index (χ0) is 13.7. The molecule has 0 amide bonds. The third-order valence-corrected chi connectivity index (χ3v) is 5.14. The Morgan fingerprint density at radius 2 is 1.95 bits per heavy atom. The lowest BCUT2D eigenvalue weighted by Gasteiger charge is -2.31. The Balaban J connectivity index is 1.77. The molecule has 3 heteroatoms. The zero-order valence-corrected chi connectivity index (χ0v) is 13.4. The molecule has 0 unspecified atom stereocenters. The van der Waals surface area contributed by atoms with Gasteiger partial charge in [0.15, 0.2) is 0 Å². The van der Waals surface area contributed by atoms with Crippen LogP contribution in [0.2, 0.25) is 0 Å². The highest BCUT2D eigenvalue weighted by Crippen LogP contribution is 2.24. The van der Waals surface area contributed by atoms with Gasteiger partial charge in [-0.05, 0) is 44.0 Å². The molecule has 1 aliphatic heterocycles. The van der Waals surface area contributed by atoms with Crippen LogP contribution in [0.3, 0.4) is 0 Å². The molecule has 1 fully saturated rings. The highest BCUT2D eigenvalue weighted by Gasteiger charge is 2.18. The number of piperidine rings is 1. The lowest BCUT2D eigenvalue weighted by molar-refractivity contribution is 0.176. The normalized spacial score (nSPS) is 18.3. The van der Waals surface area contributed by atoms with Gasteiger partial charge in [0.25, 0.3) is 0 Å². The second kappa shape index (κ2) is 7.41. The Kier molecular flexibility index (Phi) is 5.86. The molecule has 0 aliphatic carbocycles. The van der Waals surface area contributed by atoms with Crippen molar-refractivity contribution in [2.75, 3.05) is 13.1 Å². The van der Waals surface area contributed by atoms with E-state index < -0.39 is 0 Å². The first-order valence-electron chi connectivity index (χ1n) is 7.70. The van der Waals surface area contributed by atoms with Crippen LogP contribution in [0.15, 0.2) is 12.1 Å². The fraction of sp³-hybridized carbons (Fsp3) is 0.750. The maximum Gasteiger partial charge on any atom is 0.0328 e. The predicted molar refractivity (Wildman–Crippen MR) is 84.6 cm³/mol. The average Bonchev–Trinajstić information content (AvgIpc) is 2.85. The minimum atomic E-state index is 0.568. The fourth-order valence-electron chi connectivity index (χ4n) is 2.68. The van der Waals surface area contributed by atoms with Gasteiger partial charge in [0, 0.05) is 28.9 Å². The molecule has 0 atom stereocenters. The lowest BCUT2D eigenvalue weighted by atomic mass is 9.94. The first kappa shape index (κ1) is 15.0. The van der Waals surface area contributed by atoms with Crippen LogP contribution in [0, 0.1) is 5.92 Å². The van der Waals surface area contributed by atoms with Gasteiger partial charge in [0.2, 0.25) is 0 Å². The minimum Gasteiger partial charge on any atom is -0.310 e. The summed E-state index contributed by atoms with van der Waals surface area (Å²) >= 11 is 1.97. The van der Waals surface area contributed by atoms with Crippen LogP contribution < -0.4 is 5.32 Å². The van der Waals surface area contributed by atoms with Crippen LogP contribution in [-0.4, -0.2) is 24.0 Å². The van der Waals surface area contributed by atoms with Crippen LogP contribution in [-0.2, 0) is 13.1 Å². The van der Waals surface area contributed by atoms with Crippen LogP contribution >= 0.6 is 11.3 Å². The van der Waals surface area contributed by atoms with Crippen LogP contribution in [0.5, 0.6) is 0 Å². The van der Waals surface area contributed by atoms with Crippen LogP contribution in [0.25, 0.3) is 0 Å². The third kappa shape index (κ3) is 4.90. The number of hydrogen-bond donors (Lipinski definition) is 1. The SMILES string of the molecule is CCC1CCN(Cc2ccc(CNC(C)C)s2)CC1. The number of likely N-dealkylation sites (tertiary alicyclic amines) is 1. The molecular weight excluding hydrogens is 252 g/mol. The summed E-state index contributed by atoms with van der Waals surface area (Å²) in [4.78, 5) is 5.61. The second-order valence-corrected chi connectivity index (χ2v) is 7.28. The minimum absolute atomic E-state index is 0.568. The van der Waals surface area contributed by atoms with Crippen molar-refractivity contribution in [2.45, 2.75) is 59.2 Å². The maximum atomic E-state index is 3.49. The molecule has 0 saturated carbocycles. The first-order valence-corrected chi connectivity index (χ1v) is 8.52. The van der Waals surface area contributed by atoms with E-state index in [2.05, 4.69) is 43.1 Å². The Hall–Kier alpha value is -0.380. The summed E-state index contributed by atoms with van der Waals surface area (Å²) in [5.41, 5.74) is 0. The van der Waals surface area contributed by atoms with Crippen LogP contribution in [0.4, 0.5) is 0 Å². The van der Waals surface area contributed by atoms with Gasteiger partial charge in [-0.2, -0.15) is 0 Å². The van der Waals surface area contributed by atoms with Crippen LogP contribution in [0.1, 0.15) is 49.8 Å². The molecule has 1 N–H and O–H groups in total. The van der Waals surface area contributed by atoms with Crippen molar-refractivity contribution in [3.05, 3.63) is 21.9 Å². The van der Waals surface area contributed by atoms with Gasteiger partial charge < -0.3 is 5.32 Å². The molecule has 1 aliphatic rings. The second-order valence-electron chi connectivity index (χ2n) is 6.03. The number of hydrogen-bond acceptors (Lipinski definition) is 3. The van der Waals surface area contributed by atoms with Gasteiger partial charge in [-0.25, -0.2) is 0 Å². The molecule has 0 bridgehead atoms. The molecule has 1 aromatic rings. The molecule has 2 nitrogen and oxygen atoms in total. The van der Waals surface area contributed by atoms with Gasteiger partial charge in [0.1, 0.15) is 0 Å². The Labute approximate surface area is 122 Å². The number of nitrogens with one attached hydrogen (secondary N) is 1. The van der Waals surface area contributed by atoms with E-state index in [9.17, 15) is 0 Å². The van der Waals surface area contributed by atoms with Crippen molar-refractivity contribution in [2.24, 2.45) is 5.92 Å². The van der Waals surface area contributed by atoms with Crippen molar-refractivity contribution in [3.63, 3.8) is 0 Å². The van der Waals surface area contributed by atoms with Gasteiger partial charge in [-0.15, -0.1) is 11.3 Å². The fourth-order valence-corrected chi connectivity index (χ4v) is 3.69. The average molecular weight is 280 g/mol. The van der Waals surface area contributed by atoms with Gasteiger partial charge >= 0.3 is 0 Å². The molecule has 1 aromatic heterocycles. The zero-order valence-electron chi connectivity index (χ0n) is 12.6. The third-order valence-electron chi connectivity index (χ3n) is 4.07. The van der Waals surface area contributed by atoms with Crippen molar-refractivity contribution < 1.29 is 0 Å². The van der Waals surface area contributed by atoms with Crippen molar-refractivity contribution in [1.29, 1.82) is 0 Å². The Bertz CT molecular complexity index is 365. The number of thiophene rings is 1. The molecule has 108 valence electrons. The summed E-state index contributed by atoms with van der Waals surface area (Å²) < 4.78 is 0. The molecule has 2 heterocycles. The van der Waals surface area contributed by atoms with E-state index in [1.54, 1.807) is 0 Å². The summed E-state index contributed by atoms with van der Waals surface area (Å²) in [5.74, 6) is 0.977. The molecule has 1 saturated heterocycles. The topological polar surface area (TPSA) is 15.3 Å². The number of nitrogens with zero attached hydrogens (tertiary/aromatic N) is 1. The summed E-state index contributed by atoms with van der Waals surface area (Å²) in [7, 11) is 0. The van der Waals surface area contributed by atoms with E-state index in [-0.39, 0.29) is 0 Å². The molecule has 2 rings (SSSR count). The summed E-state index contributed by atoms with van der Waals surface area (Å²) in [5, 5.41) is 3.49. The quantitative estimate of drug-likeness (QED) is 0.851. The van der Waals surface area contributed by atoms with Crippen molar-refractivity contribution in [3.8, 4) is 0 Å². The Morgan fingerprint density at radius 1 is 1.26 bits per heavy atom. The Morgan fingerprint density at radius 3 is 2.58 bits per heavy atom. The number of rotatable bonds is 6. The predicted octanol–water partition coefficient (Wildman–Crippen LogP) is 3.87. The standard InChI is InChI=1S/C16H28N2S/c1-4-14-7-9-18(10-8-14)12-16-6-5-15(19-16)11-17-13(2)3/h5-6,13-14,17H,4,7-12H2,1-3H3. The van der Waals surface area contributed by atoms with Crippen molar-refractivity contribution >= 4 is 11.3 Å². The smallest absolute Gasteiger partial charge is 0.0328 e.